The SMILES string of the molecule is CC1CNC(=O)CCN1Cc1ccc(Cl)nc1. The van der Waals surface area contributed by atoms with Gasteiger partial charge in [-0.1, -0.05) is 17.7 Å². The zero-order valence-corrected chi connectivity index (χ0v) is 10.6. The molecule has 4 nitrogen and oxygen atoms in total. The zero-order valence-electron chi connectivity index (χ0n) is 9.82. The van der Waals surface area contributed by atoms with Crippen molar-refractivity contribution >= 4 is 17.5 Å². The van der Waals surface area contributed by atoms with Crippen LogP contribution in [-0.2, 0) is 11.3 Å². The number of hydrogen-bond donors (Lipinski definition) is 1. The summed E-state index contributed by atoms with van der Waals surface area (Å²) in [6, 6.07) is 4.11. The predicted molar refractivity (Wildman–Crippen MR) is 66.7 cm³/mol. The molecule has 2 rings (SSSR count). The van der Waals surface area contributed by atoms with Gasteiger partial charge in [-0.2, -0.15) is 0 Å². The van der Waals surface area contributed by atoms with Gasteiger partial charge in [0.25, 0.3) is 0 Å². The molecule has 0 bridgehead atoms. The second kappa shape index (κ2) is 5.47. The average Bonchev–Trinajstić information content (AvgIpc) is 2.47. The summed E-state index contributed by atoms with van der Waals surface area (Å²) in [5.74, 6) is 0.133. The van der Waals surface area contributed by atoms with Crippen LogP contribution >= 0.6 is 11.6 Å². The van der Waals surface area contributed by atoms with Gasteiger partial charge in [0.05, 0.1) is 0 Å². The van der Waals surface area contributed by atoms with Gasteiger partial charge in [-0.15, -0.1) is 0 Å². The van der Waals surface area contributed by atoms with Gasteiger partial charge in [0.15, 0.2) is 0 Å². The fraction of sp³-hybridized carbons (Fsp3) is 0.500. The molecule has 5 heteroatoms. The van der Waals surface area contributed by atoms with E-state index >= 15 is 0 Å². The van der Waals surface area contributed by atoms with Crippen molar-refractivity contribution in [2.24, 2.45) is 0 Å². The Labute approximate surface area is 106 Å². The van der Waals surface area contributed by atoms with Crippen molar-refractivity contribution in [2.45, 2.75) is 25.9 Å². The smallest absolute Gasteiger partial charge is 0.221 e. The fourth-order valence-corrected chi connectivity index (χ4v) is 2.03. The van der Waals surface area contributed by atoms with E-state index < -0.39 is 0 Å². The molecule has 0 aliphatic carbocycles. The number of aromatic nitrogens is 1. The van der Waals surface area contributed by atoms with Crippen molar-refractivity contribution in [3.05, 3.63) is 29.0 Å². The molecular formula is C12H16ClN3O. The van der Waals surface area contributed by atoms with Crippen LogP contribution < -0.4 is 5.32 Å². The van der Waals surface area contributed by atoms with Crippen LogP contribution in [0.4, 0.5) is 0 Å². The highest BCUT2D eigenvalue weighted by atomic mass is 35.5. The number of amides is 1. The molecule has 1 aromatic heterocycles. The molecule has 1 fully saturated rings. The number of nitrogens with zero attached hydrogens (tertiary/aromatic N) is 2. The molecule has 92 valence electrons. The van der Waals surface area contributed by atoms with Gasteiger partial charge in [0.2, 0.25) is 5.91 Å². The number of halogens is 1. The highest BCUT2D eigenvalue weighted by Gasteiger charge is 2.19. The maximum atomic E-state index is 11.3. The number of pyridine rings is 1. The van der Waals surface area contributed by atoms with Gasteiger partial charge in [0, 0.05) is 38.3 Å². The van der Waals surface area contributed by atoms with Crippen molar-refractivity contribution in [3.8, 4) is 0 Å². The number of nitrogens with one attached hydrogen (secondary N) is 1. The molecule has 0 spiro atoms. The number of carbonyl (C=O) groups is 1. The lowest BCUT2D eigenvalue weighted by molar-refractivity contribution is -0.120. The van der Waals surface area contributed by atoms with Crippen LogP contribution in [-0.4, -0.2) is 34.9 Å². The van der Waals surface area contributed by atoms with Crippen molar-refractivity contribution in [3.63, 3.8) is 0 Å². The number of hydrogen-bond acceptors (Lipinski definition) is 3. The Morgan fingerprint density at radius 1 is 1.59 bits per heavy atom. The summed E-state index contributed by atoms with van der Waals surface area (Å²) >= 11 is 5.75. The van der Waals surface area contributed by atoms with Gasteiger partial charge >= 0.3 is 0 Å². The van der Waals surface area contributed by atoms with Gasteiger partial charge < -0.3 is 5.32 Å². The van der Waals surface area contributed by atoms with E-state index in [0.29, 0.717) is 24.2 Å². The Balaban J connectivity index is 2.01. The molecule has 1 amide bonds. The predicted octanol–water partition coefficient (Wildman–Crippen LogP) is 1.45. The van der Waals surface area contributed by atoms with Gasteiger partial charge in [-0.3, -0.25) is 9.69 Å². The quantitative estimate of drug-likeness (QED) is 0.812. The second-order valence-corrected chi connectivity index (χ2v) is 4.75. The van der Waals surface area contributed by atoms with Crippen LogP contribution in [0.25, 0.3) is 0 Å². The molecule has 0 saturated carbocycles. The van der Waals surface area contributed by atoms with Gasteiger partial charge in [-0.05, 0) is 18.6 Å². The van der Waals surface area contributed by atoms with Crippen molar-refractivity contribution in [1.82, 2.24) is 15.2 Å². The van der Waals surface area contributed by atoms with Crippen molar-refractivity contribution < 1.29 is 4.79 Å². The van der Waals surface area contributed by atoms with Crippen LogP contribution in [0, 0.1) is 0 Å². The third-order valence-corrected chi connectivity index (χ3v) is 3.24. The van der Waals surface area contributed by atoms with Crippen LogP contribution in [0.1, 0.15) is 18.9 Å². The molecule has 1 N–H and O–H groups in total. The van der Waals surface area contributed by atoms with E-state index in [0.717, 1.165) is 18.7 Å². The summed E-state index contributed by atoms with van der Waals surface area (Å²) in [7, 11) is 0. The highest BCUT2D eigenvalue weighted by molar-refractivity contribution is 6.29. The van der Waals surface area contributed by atoms with E-state index in [1.54, 1.807) is 12.3 Å². The zero-order chi connectivity index (χ0) is 12.3. The molecule has 1 unspecified atom stereocenters. The van der Waals surface area contributed by atoms with Crippen LogP contribution in [0.2, 0.25) is 5.15 Å². The van der Waals surface area contributed by atoms with E-state index in [-0.39, 0.29) is 5.91 Å². The molecule has 0 radical (unpaired) electrons. The molecule has 2 heterocycles. The second-order valence-electron chi connectivity index (χ2n) is 4.36. The van der Waals surface area contributed by atoms with E-state index in [1.165, 1.54) is 0 Å². The Kier molecular flexibility index (Phi) is 3.97. The van der Waals surface area contributed by atoms with Crippen LogP contribution in [0.3, 0.4) is 0 Å². The first-order valence-electron chi connectivity index (χ1n) is 5.76. The Morgan fingerprint density at radius 3 is 3.12 bits per heavy atom. The third kappa shape index (κ3) is 3.41. The minimum Gasteiger partial charge on any atom is -0.355 e. The lowest BCUT2D eigenvalue weighted by Crippen LogP contribution is -2.37. The standard InChI is InChI=1S/C12H16ClN3O/c1-9-6-15-12(17)4-5-16(9)8-10-2-3-11(13)14-7-10/h2-3,7,9H,4-6,8H2,1H3,(H,15,17). The molecule has 17 heavy (non-hydrogen) atoms. The van der Waals surface area contributed by atoms with E-state index in [1.807, 2.05) is 6.07 Å². The third-order valence-electron chi connectivity index (χ3n) is 3.02. The minimum atomic E-state index is 0.133. The normalized spacial score (nSPS) is 22.0. The van der Waals surface area contributed by atoms with Gasteiger partial charge in [0.1, 0.15) is 5.15 Å². The number of carbonyl (C=O) groups excluding carboxylic acids is 1. The monoisotopic (exact) mass is 253 g/mol. The van der Waals surface area contributed by atoms with Crippen molar-refractivity contribution in [2.75, 3.05) is 13.1 Å². The summed E-state index contributed by atoms with van der Waals surface area (Å²) in [6.45, 7) is 4.42. The topological polar surface area (TPSA) is 45.2 Å². The first-order valence-corrected chi connectivity index (χ1v) is 6.14. The summed E-state index contributed by atoms with van der Waals surface area (Å²) in [5, 5.41) is 3.41. The molecule has 1 aromatic rings. The first kappa shape index (κ1) is 12.3. The first-order chi connectivity index (χ1) is 8.15. The summed E-state index contributed by atoms with van der Waals surface area (Å²) in [5.41, 5.74) is 1.12. The summed E-state index contributed by atoms with van der Waals surface area (Å²) < 4.78 is 0. The maximum Gasteiger partial charge on any atom is 0.221 e. The van der Waals surface area contributed by atoms with E-state index in [2.05, 4.69) is 22.1 Å². The van der Waals surface area contributed by atoms with Gasteiger partial charge in [-0.25, -0.2) is 4.98 Å². The number of rotatable bonds is 2. The minimum absolute atomic E-state index is 0.133. The molecular weight excluding hydrogens is 238 g/mol. The Bertz CT molecular complexity index is 393. The molecule has 0 aromatic carbocycles. The van der Waals surface area contributed by atoms with Crippen LogP contribution in [0.5, 0.6) is 0 Å². The molecule has 1 aliphatic heterocycles. The molecule has 1 aliphatic rings. The van der Waals surface area contributed by atoms with Crippen molar-refractivity contribution in [1.29, 1.82) is 0 Å². The maximum absolute atomic E-state index is 11.3. The summed E-state index contributed by atoms with van der Waals surface area (Å²) in [4.78, 5) is 17.6. The summed E-state index contributed by atoms with van der Waals surface area (Å²) in [6.07, 6.45) is 2.35. The largest absolute Gasteiger partial charge is 0.355 e. The lowest BCUT2D eigenvalue weighted by atomic mass is 10.2. The van der Waals surface area contributed by atoms with E-state index in [9.17, 15) is 4.79 Å². The Morgan fingerprint density at radius 2 is 2.41 bits per heavy atom. The molecule has 1 atom stereocenters. The van der Waals surface area contributed by atoms with E-state index in [4.69, 9.17) is 11.6 Å². The highest BCUT2D eigenvalue weighted by Crippen LogP contribution is 2.12. The Hall–Kier alpha value is -1.13. The van der Waals surface area contributed by atoms with Crippen LogP contribution in [0.15, 0.2) is 18.3 Å². The fourth-order valence-electron chi connectivity index (χ4n) is 1.91. The molecule has 1 saturated heterocycles. The lowest BCUT2D eigenvalue weighted by Gasteiger charge is -2.25. The average molecular weight is 254 g/mol.